The third kappa shape index (κ3) is 3.42. The summed E-state index contributed by atoms with van der Waals surface area (Å²) >= 11 is 0. The molecule has 2 fully saturated rings. The number of imide groups is 2. The van der Waals surface area contributed by atoms with Crippen molar-refractivity contribution in [1.82, 2.24) is 35.7 Å². The maximum Gasteiger partial charge on any atom is 0.262 e. The van der Waals surface area contributed by atoms with Crippen LogP contribution in [-0.2, 0) is 16.1 Å². The van der Waals surface area contributed by atoms with Gasteiger partial charge in [0.05, 0.1) is 17.2 Å². The second kappa shape index (κ2) is 8.11. The van der Waals surface area contributed by atoms with E-state index in [0.29, 0.717) is 11.5 Å². The summed E-state index contributed by atoms with van der Waals surface area (Å²) in [5.41, 5.74) is 1.11. The van der Waals surface area contributed by atoms with Crippen molar-refractivity contribution in [3.8, 4) is 0 Å². The quantitative estimate of drug-likeness (QED) is 0.530. The number of benzene rings is 1. The number of carbonyl (C=O) groups is 4. The fourth-order valence-corrected chi connectivity index (χ4v) is 4.50. The molecule has 0 spiro atoms. The molecule has 2 atom stereocenters. The number of amides is 4. The summed E-state index contributed by atoms with van der Waals surface area (Å²) in [7, 11) is 0. The third-order valence-electron chi connectivity index (χ3n) is 6.10. The predicted molar refractivity (Wildman–Crippen MR) is 109 cm³/mol. The van der Waals surface area contributed by atoms with E-state index in [1.165, 1.54) is 0 Å². The van der Waals surface area contributed by atoms with Gasteiger partial charge in [0, 0.05) is 19.5 Å². The summed E-state index contributed by atoms with van der Waals surface area (Å²) < 4.78 is 1.73. The van der Waals surface area contributed by atoms with Gasteiger partial charge in [-0.25, -0.2) is 4.68 Å². The average Bonchev–Trinajstić information content (AvgIpc) is 3.37. The van der Waals surface area contributed by atoms with Crippen LogP contribution in [0.1, 0.15) is 58.0 Å². The predicted octanol–water partition coefficient (Wildman–Crippen LogP) is -0.389. The monoisotopic (exact) mass is 438 g/mol. The lowest BCUT2D eigenvalue weighted by Crippen LogP contribution is -2.54. The minimum atomic E-state index is -0.994. The van der Waals surface area contributed by atoms with Crippen LogP contribution in [0, 0.1) is 0 Å². The number of tetrazole rings is 1. The zero-order valence-electron chi connectivity index (χ0n) is 17.2. The summed E-state index contributed by atoms with van der Waals surface area (Å²) in [6.07, 6.45) is 2.19. The number of piperidine rings is 2. The summed E-state index contributed by atoms with van der Waals surface area (Å²) in [5.74, 6) is -1.61. The van der Waals surface area contributed by atoms with Gasteiger partial charge in [-0.2, -0.15) is 0 Å². The Labute approximate surface area is 182 Å². The van der Waals surface area contributed by atoms with E-state index < -0.39 is 29.7 Å². The highest BCUT2D eigenvalue weighted by molar-refractivity contribution is 6.24. The fourth-order valence-electron chi connectivity index (χ4n) is 4.50. The minimum absolute atomic E-state index is 0.0803. The lowest BCUT2D eigenvalue weighted by molar-refractivity contribution is -0.136. The lowest BCUT2D eigenvalue weighted by atomic mass is 10.0. The molecule has 0 bridgehead atoms. The molecule has 1 aromatic carbocycles. The Morgan fingerprint density at radius 1 is 1.12 bits per heavy atom. The van der Waals surface area contributed by atoms with E-state index >= 15 is 0 Å². The molecule has 3 aliphatic heterocycles. The maximum absolute atomic E-state index is 13.2. The second-order valence-corrected chi connectivity index (χ2v) is 8.09. The highest BCUT2D eigenvalue weighted by atomic mass is 16.2. The van der Waals surface area contributed by atoms with Crippen molar-refractivity contribution in [2.45, 2.75) is 44.3 Å². The zero-order chi connectivity index (χ0) is 22.2. The van der Waals surface area contributed by atoms with Crippen LogP contribution in [0.2, 0.25) is 0 Å². The Hall–Kier alpha value is -3.67. The number of fused-ring (bicyclic) bond motifs is 1. The van der Waals surface area contributed by atoms with E-state index in [2.05, 4.69) is 31.5 Å². The molecule has 12 nitrogen and oxygen atoms in total. The first-order chi connectivity index (χ1) is 15.5. The molecule has 4 amide bonds. The smallest absolute Gasteiger partial charge is 0.262 e. The van der Waals surface area contributed by atoms with Gasteiger partial charge in [0.15, 0.2) is 0 Å². The van der Waals surface area contributed by atoms with Crippen LogP contribution in [0.15, 0.2) is 18.2 Å². The number of carbonyl (C=O) groups excluding carboxylic acids is 4. The van der Waals surface area contributed by atoms with Gasteiger partial charge in [0.25, 0.3) is 11.8 Å². The molecule has 0 aliphatic carbocycles. The van der Waals surface area contributed by atoms with Gasteiger partial charge < -0.3 is 10.6 Å². The molecular formula is C20H22N8O4. The van der Waals surface area contributed by atoms with Crippen LogP contribution in [0.5, 0.6) is 0 Å². The van der Waals surface area contributed by atoms with Crippen LogP contribution >= 0.6 is 0 Å². The molecule has 32 heavy (non-hydrogen) atoms. The largest absolute Gasteiger partial charge is 0.349 e. The standard InChI is InChI=1S/C20H22N8O4/c29-15-7-6-14(17(30)23-15)27-18(31)13-5-1-3-11(16(13)19(27)32)9-22-20-24-25-26-28(20)12-4-2-8-21-10-12/h1,3,5,12,14,21H,2,4,6-10H2,(H,22,24,26)(H,23,29,30). The fraction of sp³-hybridized carbons (Fsp3) is 0.450. The van der Waals surface area contributed by atoms with Gasteiger partial charge in [-0.3, -0.25) is 29.4 Å². The van der Waals surface area contributed by atoms with Crippen molar-refractivity contribution in [3.63, 3.8) is 0 Å². The van der Waals surface area contributed by atoms with Crippen molar-refractivity contribution in [1.29, 1.82) is 0 Å². The summed E-state index contributed by atoms with van der Waals surface area (Å²) in [4.78, 5) is 50.8. The third-order valence-corrected chi connectivity index (χ3v) is 6.10. The van der Waals surface area contributed by atoms with Crippen LogP contribution in [-0.4, -0.2) is 67.9 Å². The normalized spacial score (nSPS) is 23.3. The number of aromatic nitrogens is 4. The molecule has 0 radical (unpaired) electrons. The molecule has 166 valence electrons. The molecule has 2 aromatic rings. The van der Waals surface area contributed by atoms with Gasteiger partial charge in [0.1, 0.15) is 6.04 Å². The highest BCUT2D eigenvalue weighted by Gasteiger charge is 2.45. The van der Waals surface area contributed by atoms with E-state index in [4.69, 9.17) is 0 Å². The SMILES string of the molecule is O=C1CCC(N2C(=O)c3cccc(CNc4nnnn4C4CCCNC4)c3C2=O)C(=O)N1. The molecular weight excluding hydrogens is 416 g/mol. The maximum atomic E-state index is 13.2. The van der Waals surface area contributed by atoms with Crippen molar-refractivity contribution < 1.29 is 19.2 Å². The Bertz CT molecular complexity index is 1110. The Kier molecular flexibility index (Phi) is 5.13. The number of hydrogen-bond donors (Lipinski definition) is 3. The minimum Gasteiger partial charge on any atom is -0.349 e. The number of hydrogen-bond acceptors (Lipinski definition) is 9. The van der Waals surface area contributed by atoms with Crippen molar-refractivity contribution >= 4 is 29.6 Å². The number of nitrogens with zero attached hydrogens (tertiary/aromatic N) is 5. The van der Waals surface area contributed by atoms with Gasteiger partial charge in [-0.05, 0) is 47.9 Å². The van der Waals surface area contributed by atoms with Crippen molar-refractivity contribution in [3.05, 3.63) is 34.9 Å². The van der Waals surface area contributed by atoms with E-state index in [1.807, 2.05) is 0 Å². The van der Waals surface area contributed by atoms with E-state index in [0.717, 1.165) is 30.8 Å². The Morgan fingerprint density at radius 3 is 2.78 bits per heavy atom. The molecule has 2 unspecified atom stereocenters. The van der Waals surface area contributed by atoms with Crippen LogP contribution in [0.3, 0.4) is 0 Å². The lowest BCUT2D eigenvalue weighted by Gasteiger charge is -2.27. The molecule has 3 N–H and O–H groups in total. The molecule has 4 heterocycles. The van der Waals surface area contributed by atoms with Crippen molar-refractivity contribution in [2.24, 2.45) is 0 Å². The van der Waals surface area contributed by atoms with Crippen LogP contribution in [0.25, 0.3) is 0 Å². The summed E-state index contributed by atoms with van der Waals surface area (Å²) in [6.45, 7) is 1.97. The molecule has 1 aromatic heterocycles. The Balaban J connectivity index is 1.37. The average molecular weight is 438 g/mol. The van der Waals surface area contributed by atoms with Gasteiger partial charge in [0.2, 0.25) is 17.8 Å². The van der Waals surface area contributed by atoms with E-state index in [-0.39, 0.29) is 36.6 Å². The molecule has 2 saturated heterocycles. The summed E-state index contributed by atoms with van der Waals surface area (Å²) in [5, 5.41) is 20.6. The van der Waals surface area contributed by atoms with Gasteiger partial charge in [-0.1, -0.05) is 17.2 Å². The zero-order valence-corrected chi connectivity index (χ0v) is 17.2. The van der Waals surface area contributed by atoms with Crippen molar-refractivity contribution in [2.75, 3.05) is 18.4 Å². The van der Waals surface area contributed by atoms with Gasteiger partial charge in [-0.15, -0.1) is 0 Å². The van der Waals surface area contributed by atoms with E-state index in [1.54, 1.807) is 22.9 Å². The highest BCUT2D eigenvalue weighted by Crippen LogP contribution is 2.30. The van der Waals surface area contributed by atoms with E-state index in [9.17, 15) is 19.2 Å². The number of rotatable bonds is 5. The molecule has 12 heteroatoms. The van der Waals surface area contributed by atoms with Gasteiger partial charge >= 0.3 is 0 Å². The first-order valence-electron chi connectivity index (χ1n) is 10.6. The van der Waals surface area contributed by atoms with Crippen LogP contribution in [0.4, 0.5) is 5.95 Å². The number of nitrogens with one attached hydrogen (secondary N) is 3. The molecule has 3 aliphatic rings. The Morgan fingerprint density at radius 2 is 2.00 bits per heavy atom. The topological polar surface area (TPSA) is 151 Å². The molecule has 0 saturated carbocycles. The molecule has 5 rings (SSSR count). The first-order valence-corrected chi connectivity index (χ1v) is 10.6. The number of anilines is 1. The first kappa shape index (κ1) is 20.2. The van der Waals surface area contributed by atoms with Crippen LogP contribution < -0.4 is 16.0 Å². The summed E-state index contributed by atoms with van der Waals surface area (Å²) in [6, 6.07) is 4.16. The second-order valence-electron chi connectivity index (χ2n) is 8.09.